The monoisotopic (exact) mass is 330 g/mol. The average Bonchev–Trinajstić information content (AvgIpc) is 2.26. The highest BCUT2D eigenvalue weighted by Crippen LogP contribution is 2.06. The first-order chi connectivity index (χ1) is 8.99. The van der Waals surface area contributed by atoms with Crippen molar-refractivity contribution in [1.29, 1.82) is 0 Å². The van der Waals surface area contributed by atoms with Gasteiger partial charge in [0.05, 0.1) is 11.5 Å². The molecule has 0 rings (SSSR count). The topological polar surface area (TPSA) is 130 Å². The van der Waals surface area contributed by atoms with E-state index in [-0.39, 0.29) is 24.6 Å². The van der Waals surface area contributed by atoms with Gasteiger partial charge in [-0.1, -0.05) is 13.8 Å². The Balaban J connectivity index is 4.53. The van der Waals surface area contributed by atoms with Crippen LogP contribution in [0.15, 0.2) is 0 Å². The molecular weight excluding hydrogens is 308 g/mol. The highest BCUT2D eigenvalue weighted by atomic mass is 32.2. The predicted molar refractivity (Wildman–Crippen MR) is 75.3 cm³/mol. The van der Waals surface area contributed by atoms with Crippen molar-refractivity contribution < 1.29 is 26.7 Å². The fraction of sp³-hybridized carbons (Fsp3) is 0.900. The Hall–Kier alpha value is -0.710. The van der Waals surface area contributed by atoms with E-state index in [9.17, 15) is 21.6 Å². The lowest BCUT2D eigenvalue weighted by Crippen LogP contribution is -2.44. The molecule has 0 aromatic heterocycles. The van der Waals surface area contributed by atoms with E-state index < -0.39 is 37.8 Å². The number of hydrogen-bond acceptors (Lipinski definition) is 5. The Morgan fingerprint density at radius 2 is 1.70 bits per heavy atom. The third kappa shape index (κ3) is 8.46. The zero-order valence-electron chi connectivity index (χ0n) is 11.8. The Morgan fingerprint density at radius 3 is 2.10 bits per heavy atom. The maximum absolute atomic E-state index is 11.7. The van der Waals surface area contributed by atoms with Crippen LogP contribution in [0.25, 0.3) is 0 Å². The Kier molecular flexibility index (Phi) is 7.63. The van der Waals surface area contributed by atoms with Gasteiger partial charge in [0.25, 0.3) is 0 Å². The molecule has 8 nitrogen and oxygen atoms in total. The van der Waals surface area contributed by atoms with Gasteiger partial charge < -0.3 is 5.11 Å². The van der Waals surface area contributed by atoms with Gasteiger partial charge in [-0.05, 0) is 19.3 Å². The van der Waals surface area contributed by atoms with Gasteiger partial charge in [-0.15, -0.1) is 0 Å². The molecule has 0 fully saturated rings. The van der Waals surface area contributed by atoms with E-state index in [4.69, 9.17) is 5.11 Å². The molecule has 1 atom stereocenters. The molecule has 0 heterocycles. The minimum Gasteiger partial charge on any atom is -0.480 e. The average molecular weight is 330 g/mol. The summed E-state index contributed by atoms with van der Waals surface area (Å²) in [5, 5.41) is 8.94. The Labute approximate surface area is 120 Å². The summed E-state index contributed by atoms with van der Waals surface area (Å²) in [6, 6.07) is -1.21. The number of rotatable bonds is 10. The van der Waals surface area contributed by atoms with Crippen LogP contribution in [-0.2, 0) is 24.8 Å². The molecule has 0 aliphatic heterocycles. The molecule has 0 aromatic rings. The predicted octanol–water partition coefficient (Wildman–Crippen LogP) is -0.656. The zero-order chi connectivity index (χ0) is 16.0. The minimum absolute atomic E-state index is 0.0115. The number of nitrogens with one attached hydrogen (secondary N) is 2. The van der Waals surface area contributed by atoms with Crippen LogP contribution in [0.4, 0.5) is 0 Å². The molecule has 0 aromatic carbocycles. The van der Waals surface area contributed by atoms with Crippen molar-refractivity contribution in [3.05, 3.63) is 0 Å². The summed E-state index contributed by atoms with van der Waals surface area (Å²) in [5.41, 5.74) is 0. The largest absolute Gasteiger partial charge is 0.480 e. The zero-order valence-corrected chi connectivity index (χ0v) is 13.4. The van der Waals surface area contributed by atoms with E-state index >= 15 is 0 Å². The first kappa shape index (κ1) is 19.3. The number of carboxylic acids is 1. The van der Waals surface area contributed by atoms with E-state index in [1.165, 1.54) is 6.92 Å². The fourth-order valence-corrected chi connectivity index (χ4v) is 3.25. The van der Waals surface area contributed by atoms with E-state index in [0.717, 1.165) is 0 Å². The SMILES string of the molecule is CCS(=O)(=O)NCCS(=O)(=O)N[C@H](CC(C)C)C(=O)O. The molecule has 0 unspecified atom stereocenters. The summed E-state index contributed by atoms with van der Waals surface area (Å²) in [4.78, 5) is 11.0. The smallest absolute Gasteiger partial charge is 0.321 e. The van der Waals surface area contributed by atoms with Crippen molar-refractivity contribution in [2.45, 2.75) is 33.2 Å². The van der Waals surface area contributed by atoms with Crippen LogP contribution in [0.2, 0.25) is 0 Å². The minimum atomic E-state index is -3.86. The van der Waals surface area contributed by atoms with E-state index in [2.05, 4.69) is 9.44 Å². The highest BCUT2D eigenvalue weighted by Gasteiger charge is 2.24. The van der Waals surface area contributed by atoms with E-state index in [0.29, 0.717) is 0 Å². The van der Waals surface area contributed by atoms with Crippen molar-refractivity contribution >= 4 is 26.0 Å². The Bertz CT molecular complexity index is 512. The van der Waals surface area contributed by atoms with Gasteiger partial charge in [0.15, 0.2) is 0 Å². The van der Waals surface area contributed by atoms with E-state index in [1.54, 1.807) is 13.8 Å². The van der Waals surface area contributed by atoms with Crippen molar-refractivity contribution in [3.63, 3.8) is 0 Å². The van der Waals surface area contributed by atoms with Crippen molar-refractivity contribution in [1.82, 2.24) is 9.44 Å². The molecule has 3 N–H and O–H groups in total. The summed E-state index contributed by atoms with van der Waals surface area (Å²) in [7, 11) is -7.32. The Morgan fingerprint density at radius 1 is 1.15 bits per heavy atom. The number of carboxylic acid groups (broad SMARTS) is 1. The molecule has 0 saturated carbocycles. The van der Waals surface area contributed by atoms with Gasteiger partial charge in [-0.2, -0.15) is 0 Å². The van der Waals surface area contributed by atoms with Gasteiger partial charge >= 0.3 is 5.97 Å². The summed E-state index contributed by atoms with van der Waals surface area (Å²) in [6.07, 6.45) is 0.162. The lowest BCUT2D eigenvalue weighted by Gasteiger charge is -2.16. The van der Waals surface area contributed by atoms with Gasteiger partial charge in [-0.25, -0.2) is 26.3 Å². The van der Waals surface area contributed by atoms with Crippen LogP contribution in [0.3, 0.4) is 0 Å². The van der Waals surface area contributed by atoms with Crippen molar-refractivity contribution in [2.75, 3.05) is 18.1 Å². The molecular formula is C10H22N2O6S2. The number of aliphatic carboxylic acids is 1. The van der Waals surface area contributed by atoms with Crippen LogP contribution in [0.1, 0.15) is 27.2 Å². The van der Waals surface area contributed by atoms with Crippen LogP contribution >= 0.6 is 0 Å². The maximum atomic E-state index is 11.7. The molecule has 0 spiro atoms. The molecule has 0 bridgehead atoms. The number of sulfonamides is 2. The summed E-state index contributed by atoms with van der Waals surface area (Å²) in [5.74, 6) is -1.89. The lowest BCUT2D eigenvalue weighted by atomic mass is 10.1. The van der Waals surface area contributed by atoms with Gasteiger partial charge in [0, 0.05) is 6.54 Å². The lowest BCUT2D eigenvalue weighted by molar-refractivity contribution is -0.139. The number of carbonyl (C=O) groups is 1. The summed E-state index contributed by atoms with van der Waals surface area (Å²) in [6.45, 7) is 4.69. The van der Waals surface area contributed by atoms with Crippen molar-refractivity contribution in [3.8, 4) is 0 Å². The van der Waals surface area contributed by atoms with Crippen LogP contribution in [0, 0.1) is 5.92 Å². The molecule has 0 amide bonds. The van der Waals surface area contributed by atoms with Gasteiger partial charge in [0.2, 0.25) is 20.0 Å². The quantitative estimate of drug-likeness (QED) is 0.488. The fourth-order valence-electron chi connectivity index (χ4n) is 1.38. The first-order valence-corrected chi connectivity index (χ1v) is 9.49. The third-order valence-electron chi connectivity index (χ3n) is 2.40. The first-order valence-electron chi connectivity index (χ1n) is 6.19. The second-order valence-corrected chi connectivity index (χ2v) is 8.72. The second-order valence-electron chi connectivity index (χ2n) is 4.75. The normalized spacial score (nSPS) is 14.4. The standard InChI is InChI=1S/C10H22N2O6S2/c1-4-19(15,16)11-5-6-20(17,18)12-9(10(13)14)7-8(2)3/h8-9,11-12H,4-7H2,1-3H3,(H,13,14)/t9-/m1/s1. The summed E-state index contributed by atoms with van der Waals surface area (Å²) >= 11 is 0. The van der Waals surface area contributed by atoms with Crippen molar-refractivity contribution in [2.24, 2.45) is 5.92 Å². The maximum Gasteiger partial charge on any atom is 0.321 e. The van der Waals surface area contributed by atoms with Crippen LogP contribution < -0.4 is 9.44 Å². The molecule has 0 aliphatic carbocycles. The second kappa shape index (κ2) is 7.91. The van der Waals surface area contributed by atoms with E-state index in [1.807, 2.05) is 0 Å². The molecule has 120 valence electrons. The summed E-state index contributed by atoms with van der Waals surface area (Å²) < 4.78 is 49.8. The molecule has 0 aliphatic rings. The third-order valence-corrected chi connectivity index (χ3v) is 5.19. The molecule has 10 heteroatoms. The van der Waals surface area contributed by atoms with Gasteiger partial charge in [-0.3, -0.25) is 4.79 Å². The van der Waals surface area contributed by atoms with Crippen LogP contribution in [-0.4, -0.2) is 52.0 Å². The number of hydrogen-bond donors (Lipinski definition) is 3. The highest BCUT2D eigenvalue weighted by molar-refractivity contribution is 7.90. The van der Waals surface area contributed by atoms with Gasteiger partial charge in [0.1, 0.15) is 6.04 Å². The molecule has 0 saturated heterocycles. The molecule has 20 heavy (non-hydrogen) atoms. The van der Waals surface area contributed by atoms with Crippen LogP contribution in [0.5, 0.6) is 0 Å². The molecule has 0 radical (unpaired) electrons.